The van der Waals surface area contributed by atoms with Gasteiger partial charge in [-0.1, -0.05) is 54.6 Å². The maximum Gasteiger partial charge on any atom is 0.240 e. The molecular weight excluding hydrogens is 450 g/mol. The van der Waals surface area contributed by atoms with Crippen molar-refractivity contribution in [2.24, 2.45) is 0 Å². The van der Waals surface area contributed by atoms with Gasteiger partial charge in [0.2, 0.25) is 11.6 Å². The first-order chi connectivity index (χ1) is 17.7. The van der Waals surface area contributed by atoms with Crippen LogP contribution in [0.15, 0.2) is 85.3 Å². The molecule has 1 aromatic heterocycles. The van der Waals surface area contributed by atoms with Gasteiger partial charge in [-0.05, 0) is 41.3 Å². The maximum absolute atomic E-state index is 13.6. The second-order valence-corrected chi connectivity index (χ2v) is 9.17. The average molecular weight is 476 g/mol. The molecule has 178 valence electrons. The molecule has 3 heterocycles. The number of nitrogens with one attached hydrogen (secondary N) is 1. The third-order valence-corrected chi connectivity index (χ3v) is 6.89. The van der Waals surface area contributed by atoms with Crippen molar-refractivity contribution in [2.45, 2.75) is 31.6 Å². The first kappa shape index (κ1) is 22.1. The van der Waals surface area contributed by atoms with Crippen molar-refractivity contribution < 1.29 is 9.53 Å². The van der Waals surface area contributed by atoms with Crippen molar-refractivity contribution in [2.75, 3.05) is 6.54 Å². The molecule has 1 N–H and O–H groups in total. The molecule has 0 aliphatic carbocycles. The van der Waals surface area contributed by atoms with Gasteiger partial charge in [-0.25, -0.2) is 9.83 Å². The maximum atomic E-state index is 13.6. The van der Waals surface area contributed by atoms with Crippen molar-refractivity contribution in [1.82, 2.24) is 19.8 Å². The van der Waals surface area contributed by atoms with Crippen molar-refractivity contribution in [3.63, 3.8) is 0 Å². The zero-order valence-corrected chi connectivity index (χ0v) is 19.7. The molecular formula is C29H25N5O2. The van der Waals surface area contributed by atoms with Gasteiger partial charge in [-0.2, -0.15) is 0 Å². The smallest absolute Gasteiger partial charge is 0.240 e. The Bertz CT molecular complexity index is 1460. The van der Waals surface area contributed by atoms with Crippen molar-refractivity contribution in [3.05, 3.63) is 119 Å². The van der Waals surface area contributed by atoms with E-state index in [-0.39, 0.29) is 18.0 Å². The van der Waals surface area contributed by atoms with Crippen molar-refractivity contribution in [1.29, 1.82) is 0 Å². The predicted molar refractivity (Wildman–Crippen MR) is 136 cm³/mol. The highest BCUT2D eigenvalue weighted by Gasteiger charge is 2.37. The van der Waals surface area contributed by atoms with Crippen LogP contribution in [0.25, 0.3) is 4.85 Å². The number of carbonyl (C=O) groups is 1. The topological polar surface area (TPSA) is 63.8 Å². The minimum atomic E-state index is -0.253. The fourth-order valence-corrected chi connectivity index (χ4v) is 5.10. The highest BCUT2D eigenvalue weighted by molar-refractivity contribution is 5.85. The van der Waals surface area contributed by atoms with Gasteiger partial charge in [0.15, 0.2) is 0 Å². The van der Waals surface area contributed by atoms with Crippen LogP contribution in [-0.4, -0.2) is 32.9 Å². The second-order valence-electron chi connectivity index (χ2n) is 9.17. The van der Waals surface area contributed by atoms with Crippen LogP contribution >= 0.6 is 0 Å². The molecule has 2 aliphatic heterocycles. The van der Waals surface area contributed by atoms with E-state index in [0.29, 0.717) is 36.8 Å². The van der Waals surface area contributed by atoms with Gasteiger partial charge in [-0.15, -0.1) is 0 Å². The van der Waals surface area contributed by atoms with Gasteiger partial charge in [0.05, 0.1) is 30.7 Å². The van der Waals surface area contributed by atoms with E-state index in [0.717, 1.165) is 28.8 Å². The van der Waals surface area contributed by atoms with Crippen LogP contribution in [0.3, 0.4) is 0 Å². The monoisotopic (exact) mass is 475 g/mol. The third-order valence-electron chi connectivity index (χ3n) is 6.89. The van der Waals surface area contributed by atoms with Gasteiger partial charge in [0.1, 0.15) is 11.5 Å². The lowest BCUT2D eigenvalue weighted by molar-refractivity contribution is -0.130. The van der Waals surface area contributed by atoms with E-state index in [1.54, 1.807) is 12.4 Å². The Morgan fingerprint density at radius 2 is 1.89 bits per heavy atom. The standard InChI is InChI=1S/C29H25N5O2/c1-30-25-11-10-20-14-27(25)36-24-9-5-8-22(15-24)28(21-6-3-2-4-7-21)34-13-12-26(29(34)35)32-17-23-16-31-19-33(23)18-20/h2-11,14-16,19,26,28,32H,12-13,17-18H2/t26-,28?/m0/s1. The number of hydrogen-bond donors (Lipinski definition) is 1. The number of hydrogen-bond acceptors (Lipinski definition) is 4. The van der Waals surface area contributed by atoms with E-state index in [1.807, 2.05) is 65.7 Å². The summed E-state index contributed by atoms with van der Waals surface area (Å²) >= 11 is 0. The van der Waals surface area contributed by atoms with Crippen LogP contribution in [-0.2, 0) is 17.9 Å². The lowest BCUT2D eigenvalue weighted by Gasteiger charge is -2.29. The number of nitrogens with zero attached hydrogens (tertiary/aromatic N) is 4. The minimum Gasteiger partial charge on any atom is -0.468 e. The van der Waals surface area contributed by atoms with E-state index in [2.05, 4.69) is 31.8 Å². The predicted octanol–water partition coefficient (Wildman–Crippen LogP) is 5.07. The zero-order valence-electron chi connectivity index (χ0n) is 19.7. The molecule has 6 bridgehead atoms. The Morgan fingerprint density at radius 1 is 1.03 bits per heavy atom. The summed E-state index contributed by atoms with van der Waals surface area (Å²) in [6, 6.07) is 23.1. The van der Waals surface area contributed by atoms with E-state index < -0.39 is 0 Å². The Labute approximate surface area is 209 Å². The number of ether oxygens (including phenoxy) is 1. The minimum absolute atomic E-state index is 0.0915. The molecule has 7 nitrogen and oxygen atoms in total. The van der Waals surface area contributed by atoms with E-state index >= 15 is 0 Å². The Morgan fingerprint density at radius 3 is 2.75 bits per heavy atom. The first-order valence-electron chi connectivity index (χ1n) is 12.1. The van der Waals surface area contributed by atoms with Crippen LogP contribution in [0.1, 0.15) is 34.8 Å². The third kappa shape index (κ3) is 4.12. The number of amides is 1. The molecule has 1 amide bonds. The number of imidazole rings is 1. The van der Waals surface area contributed by atoms with Gasteiger partial charge in [0.25, 0.3) is 0 Å². The molecule has 0 spiro atoms. The fourth-order valence-electron chi connectivity index (χ4n) is 5.10. The molecule has 2 atom stereocenters. The summed E-state index contributed by atoms with van der Waals surface area (Å²) in [5.74, 6) is 1.24. The molecule has 1 unspecified atom stereocenters. The lowest BCUT2D eigenvalue weighted by Crippen LogP contribution is -2.40. The number of benzene rings is 3. The molecule has 3 aromatic carbocycles. The van der Waals surface area contributed by atoms with Gasteiger partial charge in [0, 0.05) is 25.8 Å². The van der Waals surface area contributed by atoms with Crippen LogP contribution in [0, 0.1) is 6.57 Å². The zero-order chi connectivity index (χ0) is 24.5. The summed E-state index contributed by atoms with van der Waals surface area (Å²) in [4.78, 5) is 23.6. The van der Waals surface area contributed by atoms with Crippen LogP contribution in [0.2, 0.25) is 0 Å². The van der Waals surface area contributed by atoms with Crippen LogP contribution < -0.4 is 10.1 Å². The molecule has 0 radical (unpaired) electrons. The van der Waals surface area contributed by atoms with Gasteiger partial charge < -0.3 is 19.5 Å². The normalized spacial score (nSPS) is 19.3. The highest BCUT2D eigenvalue weighted by atomic mass is 16.5. The summed E-state index contributed by atoms with van der Waals surface area (Å²) in [6.07, 6.45) is 4.36. The van der Waals surface area contributed by atoms with Crippen molar-refractivity contribution in [3.8, 4) is 11.5 Å². The number of fused-ring (bicyclic) bond motifs is 7. The first-order valence-corrected chi connectivity index (χ1v) is 12.1. The largest absolute Gasteiger partial charge is 0.468 e. The van der Waals surface area contributed by atoms with E-state index in [1.165, 1.54) is 0 Å². The molecule has 1 fully saturated rings. The summed E-state index contributed by atoms with van der Waals surface area (Å²) < 4.78 is 8.34. The van der Waals surface area contributed by atoms with Gasteiger partial charge >= 0.3 is 0 Å². The molecule has 7 heteroatoms. The second kappa shape index (κ2) is 9.33. The molecule has 4 aromatic rings. The highest BCUT2D eigenvalue weighted by Crippen LogP contribution is 2.37. The number of aromatic nitrogens is 2. The Hall–Kier alpha value is -4.41. The van der Waals surface area contributed by atoms with E-state index in [4.69, 9.17) is 11.3 Å². The SMILES string of the molecule is [C-]#[N+]c1ccc2cc1Oc1cccc(c1)C(c1ccccc1)N1CC[C@H](NCc3cncn3C2)C1=O. The average Bonchev–Trinajstić information content (AvgIpc) is 3.49. The Kier molecular flexibility index (Phi) is 5.72. The Balaban J connectivity index is 1.48. The van der Waals surface area contributed by atoms with Crippen LogP contribution in [0.5, 0.6) is 11.5 Å². The molecule has 1 saturated heterocycles. The summed E-state index contributed by atoms with van der Waals surface area (Å²) in [5.41, 5.74) is 4.47. The summed E-state index contributed by atoms with van der Waals surface area (Å²) in [5, 5.41) is 3.47. The fraction of sp³-hybridized carbons (Fsp3) is 0.207. The lowest BCUT2D eigenvalue weighted by atomic mass is 9.97. The van der Waals surface area contributed by atoms with Crippen LogP contribution in [0.4, 0.5) is 5.69 Å². The molecule has 2 aliphatic rings. The number of carbonyl (C=O) groups excluding carboxylic acids is 1. The van der Waals surface area contributed by atoms with E-state index in [9.17, 15) is 4.79 Å². The van der Waals surface area contributed by atoms with Crippen molar-refractivity contribution >= 4 is 11.6 Å². The summed E-state index contributed by atoms with van der Waals surface area (Å²) in [7, 11) is 0. The summed E-state index contributed by atoms with van der Waals surface area (Å²) in [6.45, 7) is 9.41. The molecule has 0 saturated carbocycles. The quantitative estimate of drug-likeness (QED) is 0.391. The van der Waals surface area contributed by atoms with Gasteiger partial charge in [-0.3, -0.25) is 4.79 Å². The molecule has 36 heavy (non-hydrogen) atoms. The number of rotatable bonds is 1. The molecule has 6 rings (SSSR count).